The van der Waals surface area contributed by atoms with E-state index in [1.807, 2.05) is 0 Å². The Morgan fingerprint density at radius 3 is 2.22 bits per heavy atom. The van der Waals surface area contributed by atoms with Gasteiger partial charge in [-0.3, -0.25) is 4.84 Å². The molecule has 1 heterocycles. The van der Waals surface area contributed by atoms with Gasteiger partial charge < -0.3 is 0 Å². The van der Waals surface area contributed by atoms with Crippen molar-refractivity contribution in [1.29, 1.82) is 0 Å². The van der Waals surface area contributed by atoms with E-state index in [9.17, 15) is 8.42 Å². The predicted molar refractivity (Wildman–Crippen MR) is 69.9 cm³/mol. The van der Waals surface area contributed by atoms with Crippen molar-refractivity contribution >= 4 is 10.2 Å². The van der Waals surface area contributed by atoms with Crippen LogP contribution in [0.4, 0.5) is 0 Å². The first kappa shape index (κ1) is 14.2. The van der Waals surface area contributed by atoms with Crippen LogP contribution in [-0.4, -0.2) is 31.9 Å². The molecule has 1 N–H and O–H groups in total. The molecule has 1 saturated heterocycles. The lowest BCUT2D eigenvalue weighted by molar-refractivity contribution is 0.0176. The largest absolute Gasteiger partial charge is 0.301 e. The fourth-order valence-corrected chi connectivity index (χ4v) is 4.25. The molecule has 1 aliphatic carbocycles. The van der Waals surface area contributed by atoms with Crippen molar-refractivity contribution in [2.75, 3.05) is 13.1 Å². The molecule has 2 unspecified atom stereocenters. The SMILES string of the molecule is CC1CC(C)CN(S(=O)(=O)NOC2CCCC2)C1. The molecule has 0 bridgehead atoms. The fraction of sp³-hybridized carbons (Fsp3) is 1.00. The molecule has 1 saturated carbocycles. The maximum atomic E-state index is 12.1. The molecule has 0 aromatic carbocycles. The average molecular weight is 276 g/mol. The van der Waals surface area contributed by atoms with E-state index < -0.39 is 10.2 Å². The molecule has 2 fully saturated rings. The minimum absolute atomic E-state index is 0.0550. The zero-order chi connectivity index (χ0) is 13.2. The van der Waals surface area contributed by atoms with Crippen LogP contribution in [0.1, 0.15) is 46.0 Å². The molecular formula is C12H24N2O3S. The summed E-state index contributed by atoms with van der Waals surface area (Å²) in [6.45, 7) is 5.37. The molecule has 5 nitrogen and oxygen atoms in total. The van der Waals surface area contributed by atoms with E-state index in [0.29, 0.717) is 24.9 Å². The Morgan fingerprint density at radius 2 is 1.67 bits per heavy atom. The van der Waals surface area contributed by atoms with E-state index in [-0.39, 0.29) is 6.10 Å². The fourth-order valence-electron chi connectivity index (χ4n) is 2.99. The van der Waals surface area contributed by atoms with Crippen molar-refractivity contribution in [3.63, 3.8) is 0 Å². The Bertz CT molecular complexity index is 356. The molecule has 2 rings (SSSR count). The smallest absolute Gasteiger partial charge is 0.283 e. The molecule has 0 radical (unpaired) electrons. The third-order valence-corrected chi connectivity index (χ3v) is 5.08. The van der Waals surface area contributed by atoms with Gasteiger partial charge >= 0.3 is 10.2 Å². The second-order valence-electron chi connectivity index (χ2n) is 5.88. The summed E-state index contributed by atoms with van der Waals surface area (Å²) in [7, 11) is -3.48. The summed E-state index contributed by atoms with van der Waals surface area (Å²) in [5.41, 5.74) is 0. The van der Waals surface area contributed by atoms with Crippen LogP contribution < -0.4 is 4.89 Å². The predicted octanol–water partition coefficient (Wildman–Crippen LogP) is 1.67. The molecule has 18 heavy (non-hydrogen) atoms. The van der Waals surface area contributed by atoms with Crippen molar-refractivity contribution in [3.8, 4) is 0 Å². The third kappa shape index (κ3) is 3.66. The minimum Gasteiger partial charge on any atom is -0.283 e. The van der Waals surface area contributed by atoms with Gasteiger partial charge in [0.2, 0.25) is 0 Å². The molecule has 0 spiro atoms. The molecular weight excluding hydrogens is 252 g/mol. The van der Waals surface area contributed by atoms with E-state index in [1.54, 1.807) is 0 Å². The second-order valence-corrected chi connectivity index (χ2v) is 7.51. The van der Waals surface area contributed by atoms with Gasteiger partial charge in [0.05, 0.1) is 6.10 Å². The zero-order valence-electron chi connectivity index (χ0n) is 11.3. The number of piperidine rings is 1. The van der Waals surface area contributed by atoms with Gasteiger partial charge in [0.25, 0.3) is 0 Å². The maximum Gasteiger partial charge on any atom is 0.301 e. The van der Waals surface area contributed by atoms with Crippen molar-refractivity contribution < 1.29 is 13.3 Å². The van der Waals surface area contributed by atoms with Crippen molar-refractivity contribution in [1.82, 2.24) is 9.19 Å². The quantitative estimate of drug-likeness (QED) is 0.795. The Labute approximate surface area is 110 Å². The molecule has 1 aliphatic heterocycles. The van der Waals surface area contributed by atoms with Crippen LogP contribution in [0.25, 0.3) is 0 Å². The Kier molecular flexibility index (Phi) is 4.64. The molecule has 106 valence electrons. The molecule has 0 aromatic heterocycles. The number of hydrogen-bond donors (Lipinski definition) is 1. The minimum atomic E-state index is -3.48. The van der Waals surface area contributed by atoms with E-state index in [2.05, 4.69) is 18.7 Å². The monoisotopic (exact) mass is 276 g/mol. The van der Waals surface area contributed by atoms with E-state index in [1.165, 1.54) is 4.31 Å². The summed E-state index contributed by atoms with van der Waals surface area (Å²) in [5.74, 6) is 0.827. The molecule has 0 aromatic rings. The number of nitrogens with zero attached hydrogens (tertiary/aromatic N) is 1. The topological polar surface area (TPSA) is 58.6 Å². The highest BCUT2D eigenvalue weighted by atomic mass is 32.2. The lowest BCUT2D eigenvalue weighted by atomic mass is 9.94. The Balaban J connectivity index is 1.88. The second kappa shape index (κ2) is 5.86. The highest BCUT2D eigenvalue weighted by Gasteiger charge is 2.31. The van der Waals surface area contributed by atoms with Gasteiger partial charge in [-0.2, -0.15) is 12.7 Å². The maximum absolute atomic E-state index is 12.1. The van der Waals surface area contributed by atoms with Crippen LogP contribution in [-0.2, 0) is 15.0 Å². The first-order valence-corrected chi connectivity index (χ1v) is 8.34. The van der Waals surface area contributed by atoms with Crippen LogP contribution in [0.5, 0.6) is 0 Å². The van der Waals surface area contributed by atoms with E-state index in [0.717, 1.165) is 32.1 Å². The van der Waals surface area contributed by atoms with Crippen LogP contribution in [0, 0.1) is 11.8 Å². The Morgan fingerprint density at radius 1 is 1.11 bits per heavy atom. The van der Waals surface area contributed by atoms with Gasteiger partial charge in [0, 0.05) is 13.1 Å². The lowest BCUT2D eigenvalue weighted by Gasteiger charge is -2.33. The van der Waals surface area contributed by atoms with Gasteiger partial charge in [-0.05, 0) is 31.1 Å². The summed E-state index contributed by atoms with van der Waals surface area (Å²) >= 11 is 0. The molecule has 2 aliphatic rings. The number of rotatable bonds is 4. The van der Waals surface area contributed by atoms with Crippen LogP contribution >= 0.6 is 0 Å². The van der Waals surface area contributed by atoms with E-state index >= 15 is 0 Å². The van der Waals surface area contributed by atoms with Crippen LogP contribution in [0.2, 0.25) is 0 Å². The lowest BCUT2D eigenvalue weighted by Crippen LogP contribution is -2.48. The standard InChI is InChI=1S/C12H24N2O3S/c1-10-7-11(2)9-14(8-10)18(15,16)13-17-12-5-3-4-6-12/h10-13H,3-9H2,1-2H3. The zero-order valence-corrected chi connectivity index (χ0v) is 12.1. The number of nitrogens with one attached hydrogen (secondary N) is 1. The third-order valence-electron chi connectivity index (χ3n) is 3.80. The first-order valence-electron chi connectivity index (χ1n) is 6.90. The van der Waals surface area contributed by atoms with Gasteiger partial charge in [-0.15, -0.1) is 0 Å². The summed E-state index contributed by atoms with van der Waals surface area (Å²) in [6, 6.07) is 0. The van der Waals surface area contributed by atoms with Crippen molar-refractivity contribution in [2.45, 2.75) is 52.1 Å². The highest BCUT2D eigenvalue weighted by molar-refractivity contribution is 7.87. The molecule has 2 atom stereocenters. The first-order chi connectivity index (χ1) is 8.47. The molecule has 0 amide bonds. The van der Waals surface area contributed by atoms with Crippen LogP contribution in [0.15, 0.2) is 0 Å². The summed E-state index contributed by atoms with van der Waals surface area (Å²) in [5, 5.41) is 0. The summed E-state index contributed by atoms with van der Waals surface area (Å²) in [4.78, 5) is 7.62. The Hall–Kier alpha value is -0.170. The summed E-state index contributed by atoms with van der Waals surface area (Å²) < 4.78 is 25.8. The van der Waals surface area contributed by atoms with Crippen molar-refractivity contribution in [3.05, 3.63) is 0 Å². The van der Waals surface area contributed by atoms with Crippen molar-refractivity contribution in [2.24, 2.45) is 11.8 Å². The molecule has 6 heteroatoms. The van der Waals surface area contributed by atoms with Gasteiger partial charge in [0.15, 0.2) is 0 Å². The normalized spacial score (nSPS) is 31.9. The van der Waals surface area contributed by atoms with E-state index in [4.69, 9.17) is 4.84 Å². The summed E-state index contributed by atoms with van der Waals surface area (Å²) in [6.07, 6.45) is 5.31. The number of hydrogen-bond acceptors (Lipinski definition) is 3. The average Bonchev–Trinajstić information content (AvgIpc) is 2.78. The van der Waals surface area contributed by atoms with Gasteiger partial charge in [-0.1, -0.05) is 31.6 Å². The van der Waals surface area contributed by atoms with Gasteiger partial charge in [0.1, 0.15) is 0 Å². The van der Waals surface area contributed by atoms with Crippen LogP contribution in [0.3, 0.4) is 0 Å². The highest BCUT2D eigenvalue weighted by Crippen LogP contribution is 2.24. The van der Waals surface area contributed by atoms with Gasteiger partial charge in [-0.25, -0.2) is 0 Å².